The number of hydrogen-bond acceptors (Lipinski definition) is 2. The van der Waals surface area contributed by atoms with Gasteiger partial charge in [0.25, 0.3) is 0 Å². The Labute approximate surface area is 108 Å². The molecule has 17 heavy (non-hydrogen) atoms. The van der Waals surface area contributed by atoms with Gasteiger partial charge in [0.05, 0.1) is 11.0 Å². The fourth-order valence-electron chi connectivity index (χ4n) is 2.01. The molecule has 0 bridgehead atoms. The topological polar surface area (TPSA) is 43.8 Å². The highest BCUT2D eigenvalue weighted by Gasteiger charge is 2.10. The lowest BCUT2D eigenvalue weighted by Gasteiger charge is -2.11. The van der Waals surface area contributed by atoms with Gasteiger partial charge in [0, 0.05) is 13.0 Å². The van der Waals surface area contributed by atoms with Crippen molar-refractivity contribution >= 4 is 23.4 Å². The van der Waals surface area contributed by atoms with Gasteiger partial charge in [0.15, 0.2) is 0 Å². The van der Waals surface area contributed by atoms with Crippen molar-refractivity contribution in [2.24, 2.45) is 11.7 Å². The normalized spacial score (nSPS) is 10.8. The van der Waals surface area contributed by atoms with Gasteiger partial charge in [-0.1, -0.05) is 26.0 Å². The van der Waals surface area contributed by atoms with Gasteiger partial charge >= 0.3 is 0 Å². The molecular weight excluding hydrogens is 234 g/mol. The molecule has 0 saturated carbocycles. The number of nitrogens with two attached hydrogens (primary N) is 1. The van der Waals surface area contributed by atoms with Gasteiger partial charge in [-0.15, -0.1) is 12.4 Å². The predicted octanol–water partition coefficient (Wildman–Crippen LogP) is 2.62. The largest absolute Gasteiger partial charge is 0.330 e. The number of fused-ring (bicyclic) bond motifs is 1. The number of hydrogen-bond donors (Lipinski definition) is 1. The summed E-state index contributed by atoms with van der Waals surface area (Å²) in [4.78, 5) is 4.64. The summed E-state index contributed by atoms with van der Waals surface area (Å²) < 4.78 is 2.30. The van der Waals surface area contributed by atoms with Crippen molar-refractivity contribution in [1.82, 2.24) is 9.55 Å². The highest BCUT2D eigenvalue weighted by atomic mass is 35.5. The van der Waals surface area contributed by atoms with Crippen LogP contribution in [0.4, 0.5) is 0 Å². The van der Waals surface area contributed by atoms with Crippen LogP contribution < -0.4 is 5.73 Å². The molecular formula is C13H20ClN3. The molecule has 4 heteroatoms. The van der Waals surface area contributed by atoms with Crippen molar-refractivity contribution in [3.63, 3.8) is 0 Å². The quantitative estimate of drug-likeness (QED) is 0.910. The molecule has 0 fully saturated rings. The molecule has 2 rings (SSSR count). The number of imidazole rings is 1. The van der Waals surface area contributed by atoms with E-state index in [-0.39, 0.29) is 12.4 Å². The standard InChI is InChI=1S/C13H19N3.ClH/c1-10(2)9-16-12-6-4-3-5-11(12)15-13(16)7-8-14;/h3-6,10H,7-9,14H2,1-2H3;1H. The van der Waals surface area contributed by atoms with Gasteiger partial charge in [-0.3, -0.25) is 0 Å². The highest BCUT2D eigenvalue weighted by molar-refractivity contribution is 5.85. The number of aromatic nitrogens is 2. The lowest BCUT2D eigenvalue weighted by Crippen LogP contribution is -2.12. The van der Waals surface area contributed by atoms with Crippen LogP contribution >= 0.6 is 12.4 Å². The molecule has 94 valence electrons. The van der Waals surface area contributed by atoms with E-state index in [9.17, 15) is 0 Å². The van der Waals surface area contributed by atoms with Gasteiger partial charge in [-0.25, -0.2) is 4.98 Å². The fraction of sp³-hybridized carbons (Fsp3) is 0.462. The van der Waals surface area contributed by atoms with Crippen LogP contribution in [-0.2, 0) is 13.0 Å². The Kier molecular flexibility index (Phi) is 4.97. The molecule has 0 aliphatic rings. The molecule has 0 spiro atoms. The number of para-hydroxylation sites is 2. The molecule has 2 N–H and O–H groups in total. The van der Waals surface area contributed by atoms with Crippen LogP contribution in [0.5, 0.6) is 0 Å². The summed E-state index contributed by atoms with van der Waals surface area (Å²) in [5.41, 5.74) is 7.93. The Morgan fingerprint density at radius 2 is 2.00 bits per heavy atom. The maximum atomic E-state index is 5.63. The van der Waals surface area contributed by atoms with Gasteiger partial charge in [0.2, 0.25) is 0 Å². The first-order chi connectivity index (χ1) is 7.72. The first kappa shape index (κ1) is 14.0. The van der Waals surface area contributed by atoms with Crippen molar-refractivity contribution in [2.45, 2.75) is 26.8 Å². The summed E-state index contributed by atoms with van der Waals surface area (Å²) in [5.74, 6) is 1.73. The highest BCUT2D eigenvalue weighted by Crippen LogP contribution is 2.17. The average Bonchev–Trinajstić information content (AvgIpc) is 2.57. The van der Waals surface area contributed by atoms with E-state index < -0.39 is 0 Å². The summed E-state index contributed by atoms with van der Waals surface area (Å²) in [6, 6.07) is 8.28. The molecule has 2 aromatic rings. The van der Waals surface area contributed by atoms with Crippen LogP contribution in [0.25, 0.3) is 11.0 Å². The molecule has 1 aromatic carbocycles. The summed E-state index contributed by atoms with van der Waals surface area (Å²) >= 11 is 0. The number of benzene rings is 1. The zero-order chi connectivity index (χ0) is 11.5. The van der Waals surface area contributed by atoms with Crippen LogP contribution in [0.15, 0.2) is 24.3 Å². The van der Waals surface area contributed by atoms with Gasteiger partial charge in [-0.2, -0.15) is 0 Å². The minimum Gasteiger partial charge on any atom is -0.330 e. The first-order valence-corrected chi connectivity index (χ1v) is 5.86. The third-order valence-corrected chi connectivity index (χ3v) is 2.65. The number of halogens is 1. The second-order valence-electron chi connectivity index (χ2n) is 4.56. The molecule has 0 radical (unpaired) electrons. The molecule has 1 aromatic heterocycles. The minimum absolute atomic E-state index is 0. The van der Waals surface area contributed by atoms with Gasteiger partial charge < -0.3 is 10.3 Å². The summed E-state index contributed by atoms with van der Waals surface area (Å²) in [6.07, 6.45) is 0.849. The molecule has 0 amide bonds. The summed E-state index contributed by atoms with van der Waals surface area (Å²) in [7, 11) is 0. The second-order valence-corrected chi connectivity index (χ2v) is 4.56. The average molecular weight is 254 g/mol. The first-order valence-electron chi connectivity index (χ1n) is 5.86. The van der Waals surface area contributed by atoms with Crippen molar-refractivity contribution in [3.05, 3.63) is 30.1 Å². The maximum Gasteiger partial charge on any atom is 0.111 e. The molecule has 3 nitrogen and oxygen atoms in total. The van der Waals surface area contributed by atoms with E-state index in [2.05, 4.69) is 41.6 Å². The fourth-order valence-corrected chi connectivity index (χ4v) is 2.01. The van der Waals surface area contributed by atoms with E-state index >= 15 is 0 Å². The summed E-state index contributed by atoms with van der Waals surface area (Å²) in [6.45, 7) is 6.11. The third kappa shape index (κ3) is 2.99. The predicted molar refractivity (Wildman–Crippen MR) is 74.6 cm³/mol. The van der Waals surface area contributed by atoms with Crippen LogP contribution in [0.2, 0.25) is 0 Å². The lowest BCUT2D eigenvalue weighted by atomic mass is 10.2. The SMILES string of the molecule is CC(C)Cn1c(CCN)nc2ccccc21.Cl. The molecule has 1 heterocycles. The zero-order valence-electron chi connectivity index (χ0n) is 10.4. The van der Waals surface area contributed by atoms with Crippen molar-refractivity contribution in [2.75, 3.05) is 6.54 Å². The zero-order valence-corrected chi connectivity index (χ0v) is 11.2. The molecule has 0 saturated heterocycles. The molecule has 0 unspecified atom stereocenters. The van der Waals surface area contributed by atoms with Gasteiger partial charge in [-0.05, 0) is 24.6 Å². The number of nitrogens with zero attached hydrogens (tertiary/aromatic N) is 2. The van der Waals surface area contributed by atoms with Gasteiger partial charge in [0.1, 0.15) is 5.82 Å². The van der Waals surface area contributed by atoms with Crippen LogP contribution in [0.1, 0.15) is 19.7 Å². The van der Waals surface area contributed by atoms with Crippen molar-refractivity contribution in [3.8, 4) is 0 Å². The maximum absolute atomic E-state index is 5.63. The van der Waals surface area contributed by atoms with E-state index in [0.717, 1.165) is 24.3 Å². The smallest absolute Gasteiger partial charge is 0.111 e. The van der Waals surface area contributed by atoms with E-state index in [1.165, 1.54) is 5.52 Å². The van der Waals surface area contributed by atoms with Crippen LogP contribution in [0.3, 0.4) is 0 Å². The second kappa shape index (κ2) is 6.03. The number of rotatable bonds is 4. The van der Waals surface area contributed by atoms with Crippen molar-refractivity contribution < 1.29 is 0 Å². The molecule has 0 aliphatic heterocycles. The Balaban J connectivity index is 0.00000144. The Morgan fingerprint density at radius 3 is 2.65 bits per heavy atom. The Hall–Kier alpha value is -1.06. The van der Waals surface area contributed by atoms with Crippen molar-refractivity contribution in [1.29, 1.82) is 0 Å². The van der Waals surface area contributed by atoms with E-state index in [1.54, 1.807) is 0 Å². The molecule has 0 aliphatic carbocycles. The minimum atomic E-state index is 0. The van der Waals surface area contributed by atoms with Crippen LogP contribution in [-0.4, -0.2) is 16.1 Å². The third-order valence-electron chi connectivity index (χ3n) is 2.65. The van der Waals surface area contributed by atoms with Crippen LogP contribution in [0, 0.1) is 5.92 Å². The Bertz CT molecular complexity index is 476. The van der Waals surface area contributed by atoms with E-state index in [0.29, 0.717) is 12.5 Å². The van der Waals surface area contributed by atoms with E-state index in [4.69, 9.17) is 5.73 Å². The Morgan fingerprint density at radius 1 is 1.29 bits per heavy atom. The van der Waals surface area contributed by atoms with E-state index in [1.807, 2.05) is 6.07 Å². The molecule has 0 atom stereocenters. The monoisotopic (exact) mass is 253 g/mol. The summed E-state index contributed by atoms with van der Waals surface area (Å²) in [5, 5.41) is 0. The lowest BCUT2D eigenvalue weighted by molar-refractivity contribution is 0.517.